The van der Waals surface area contributed by atoms with Crippen LogP contribution in [0, 0.1) is 18.2 Å². The largest absolute Gasteiger partial charge is 0.296 e. The highest BCUT2D eigenvalue weighted by Crippen LogP contribution is 2.09. The van der Waals surface area contributed by atoms with E-state index in [0.29, 0.717) is 5.69 Å². The number of aromatic nitrogens is 1. The first-order valence-electron chi connectivity index (χ1n) is 4.47. The van der Waals surface area contributed by atoms with Crippen LogP contribution in [0.5, 0.6) is 0 Å². The van der Waals surface area contributed by atoms with Gasteiger partial charge in [0.1, 0.15) is 11.9 Å². The van der Waals surface area contributed by atoms with Gasteiger partial charge in [0.05, 0.1) is 11.9 Å². The van der Waals surface area contributed by atoms with E-state index in [4.69, 9.17) is 6.42 Å². The topological polar surface area (TPSA) is 24.9 Å². The van der Waals surface area contributed by atoms with Crippen molar-refractivity contribution in [2.45, 2.75) is 25.9 Å². The van der Waals surface area contributed by atoms with E-state index in [1.54, 1.807) is 6.07 Å². The first-order chi connectivity index (χ1) is 6.63. The van der Waals surface area contributed by atoms with E-state index >= 15 is 0 Å². The number of nitrogens with one attached hydrogen (secondary N) is 1. The Balaban J connectivity index is 2.80. The second-order valence-corrected chi connectivity index (χ2v) is 3.32. The molecular weight excluding hydrogens is 179 g/mol. The highest BCUT2D eigenvalue weighted by molar-refractivity contribution is 5.18. The van der Waals surface area contributed by atoms with Gasteiger partial charge < -0.3 is 0 Å². The molecule has 1 aromatic rings. The summed E-state index contributed by atoms with van der Waals surface area (Å²) in [5.41, 5.74) is 0.669. The van der Waals surface area contributed by atoms with Crippen molar-refractivity contribution in [3.05, 3.63) is 29.8 Å². The van der Waals surface area contributed by atoms with E-state index in [9.17, 15) is 4.39 Å². The summed E-state index contributed by atoms with van der Waals surface area (Å²) in [4.78, 5) is 3.92. The predicted molar refractivity (Wildman–Crippen MR) is 54.0 cm³/mol. The minimum absolute atomic E-state index is 0.254. The average Bonchev–Trinajstić information content (AvgIpc) is 2.15. The molecule has 1 heterocycles. The van der Waals surface area contributed by atoms with Gasteiger partial charge >= 0.3 is 0 Å². The number of hydrogen-bond acceptors (Lipinski definition) is 2. The molecule has 1 aromatic heterocycles. The van der Waals surface area contributed by atoms with Gasteiger partial charge in [-0.3, -0.25) is 10.3 Å². The van der Waals surface area contributed by atoms with E-state index in [-0.39, 0.29) is 17.9 Å². The fourth-order valence-corrected chi connectivity index (χ4v) is 1.11. The summed E-state index contributed by atoms with van der Waals surface area (Å²) in [6.07, 6.45) is 6.51. The number of rotatable bonds is 3. The van der Waals surface area contributed by atoms with Crippen molar-refractivity contribution in [1.29, 1.82) is 0 Å². The maximum absolute atomic E-state index is 12.6. The number of hydrogen-bond donors (Lipinski definition) is 1. The van der Waals surface area contributed by atoms with Crippen LogP contribution in [0.15, 0.2) is 18.3 Å². The minimum atomic E-state index is -0.353. The van der Waals surface area contributed by atoms with Crippen molar-refractivity contribution >= 4 is 0 Å². The summed E-state index contributed by atoms with van der Waals surface area (Å²) in [5, 5.41) is 3.14. The molecule has 0 aliphatic heterocycles. The van der Waals surface area contributed by atoms with Gasteiger partial charge in [-0.15, -0.1) is 6.42 Å². The molecule has 1 unspecified atom stereocenters. The SMILES string of the molecule is C#CC(NC(C)C)c1ccc(F)cn1. The van der Waals surface area contributed by atoms with Crippen LogP contribution in [0.1, 0.15) is 25.6 Å². The average molecular weight is 192 g/mol. The molecule has 0 amide bonds. The Kier molecular flexibility index (Phi) is 3.61. The normalized spacial score (nSPS) is 12.5. The summed E-state index contributed by atoms with van der Waals surface area (Å²) in [6, 6.07) is 2.96. The van der Waals surface area contributed by atoms with Crippen LogP contribution in [-0.4, -0.2) is 11.0 Å². The lowest BCUT2D eigenvalue weighted by molar-refractivity contribution is 0.538. The van der Waals surface area contributed by atoms with Crippen molar-refractivity contribution in [2.75, 3.05) is 0 Å². The Morgan fingerprint density at radius 2 is 2.21 bits per heavy atom. The molecule has 0 aliphatic rings. The van der Waals surface area contributed by atoms with Crippen molar-refractivity contribution < 1.29 is 4.39 Å². The Labute approximate surface area is 83.6 Å². The summed E-state index contributed by atoms with van der Waals surface area (Å²) >= 11 is 0. The molecule has 0 saturated carbocycles. The van der Waals surface area contributed by atoms with Crippen LogP contribution in [0.2, 0.25) is 0 Å². The van der Waals surface area contributed by atoms with Crippen LogP contribution < -0.4 is 5.32 Å². The van der Waals surface area contributed by atoms with Gasteiger partial charge in [-0.05, 0) is 26.0 Å². The molecule has 1 atom stereocenters. The molecule has 0 fully saturated rings. The van der Waals surface area contributed by atoms with Crippen LogP contribution in [0.3, 0.4) is 0 Å². The highest BCUT2D eigenvalue weighted by Gasteiger charge is 2.10. The number of halogens is 1. The van der Waals surface area contributed by atoms with Gasteiger partial charge in [-0.25, -0.2) is 4.39 Å². The van der Waals surface area contributed by atoms with Crippen LogP contribution in [-0.2, 0) is 0 Å². The monoisotopic (exact) mass is 192 g/mol. The number of terminal acetylenes is 1. The van der Waals surface area contributed by atoms with E-state index in [1.807, 2.05) is 13.8 Å². The summed E-state index contributed by atoms with van der Waals surface area (Å²) in [7, 11) is 0. The third-order valence-corrected chi connectivity index (χ3v) is 1.71. The Morgan fingerprint density at radius 1 is 1.50 bits per heavy atom. The molecule has 0 bridgehead atoms. The standard InChI is InChI=1S/C11H13FN2/c1-4-10(14-8(2)3)11-6-5-9(12)7-13-11/h1,5-8,10,14H,2-3H3. The molecule has 2 nitrogen and oxygen atoms in total. The zero-order valence-corrected chi connectivity index (χ0v) is 8.29. The van der Waals surface area contributed by atoms with Gasteiger partial charge in [-0.1, -0.05) is 5.92 Å². The van der Waals surface area contributed by atoms with Gasteiger partial charge in [0.15, 0.2) is 0 Å². The molecule has 1 rings (SSSR count). The van der Waals surface area contributed by atoms with Gasteiger partial charge in [-0.2, -0.15) is 0 Å². The molecule has 0 aliphatic carbocycles. The van der Waals surface area contributed by atoms with Crippen molar-refractivity contribution in [2.24, 2.45) is 0 Å². The maximum Gasteiger partial charge on any atom is 0.141 e. The van der Waals surface area contributed by atoms with Crippen LogP contribution >= 0.6 is 0 Å². The molecule has 1 N–H and O–H groups in total. The third-order valence-electron chi connectivity index (χ3n) is 1.71. The Morgan fingerprint density at radius 3 is 2.64 bits per heavy atom. The second-order valence-electron chi connectivity index (χ2n) is 3.32. The fourth-order valence-electron chi connectivity index (χ4n) is 1.11. The second kappa shape index (κ2) is 4.73. The molecule has 0 saturated heterocycles. The quantitative estimate of drug-likeness (QED) is 0.740. The van der Waals surface area contributed by atoms with Gasteiger partial charge in [0.2, 0.25) is 0 Å². The molecule has 74 valence electrons. The molecule has 14 heavy (non-hydrogen) atoms. The van der Waals surface area contributed by atoms with Crippen LogP contribution in [0.25, 0.3) is 0 Å². The van der Waals surface area contributed by atoms with E-state index in [2.05, 4.69) is 16.2 Å². The predicted octanol–water partition coefficient (Wildman–Crippen LogP) is 1.89. The smallest absolute Gasteiger partial charge is 0.141 e. The van der Waals surface area contributed by atoms with E-state index in [1.165, 1.54) is 12.3 Å². The van der Waals surface area contributed by atoms with Crippen molar-refractivity contribution in [3.63, 3.8) is 0 Å². The summed E-state index contributed by atoms with van der Waals surface area (Å²) < 4.78 is 12.6. The van der Waals surface area contributed by atoms with E-state index < -0.39 is 0 Å². The lowest BCUT2D eigenvalue weighted by Gasteiger charge is -2.15. The number of nitrogens with zero attached hydrogens (tertiary/aromatic N) is 1. The zero-order valence-electron chi connectivity index (χ0n) is 8.29. The first-order valence-corrected chi connectivity index (χ1v) is 4.47. The zero-order chi connectivity index (χ0) is 10.6. The fraction of sp³-hybridized carbons (Fsp3) is 0.364. The first kappa shape index (κ1) is 10.7. The maximum atomic E-state index is 12.6. The van der Waals surface area contributed by atoms with Gasteiger partial charge in [0, 0.05) is 6.04 Å². The molecular formula is C11H13FN2. The molecule has 3 heteroatoms. The summed E-state index contributed by atoms with van der Waals surface area (Å²) in [5.74, 6) is 2.22. The van der Waals surface area contributed by atoms with Gasteiger partial charge in [0.25, 0.3) is 0 Å². The molecule has 0 spiro atoms. The van der Waals surface area contributed by atoms with Crippen LogP contribution in [0.4, 0.5) is 4.39 Å². The molecule has 0 radical (unpaired) electrons. The Bertz CT molecular complexity index is 324. The molecule has 0 aromatic carbocycles. The van der Waals surface area contributed by atoms with E-state index in [0.717, 1.165) is 0 Å². The Hall–Kier alpha value is -1.40. The third kappa shape index (κ3) is 2.82. The lowest BCUT2D eigenvalue weighted by Crippen LogP contribution is -2.27. The number of pyridine rings is 1. The highest BCUT2D eigenvalue weighted by atomic mass is 19.1. The summed E-state index contributed by atoms with van der Waals surface area (Å²) in [6.45, 7) is 3.99. The van der Waals surface area contributed by atoms with Crippen molar-refractivity contribution in [3.8, 4) is 12.3 Å². The van der Waals surface area contributed by atoms with Crippen molar-refractivity contribution in [1.82, 2.24) is 10.3 Å². The minimum Gasteiger partial charge on any atom is -0.296 e. The lowest BCUT2D eigenvalue weighted by atomic mass is 10.2.